The quantitative estimate of drug-likeness (QED) is 0.882. The Kier molecular flexibility index (Phi) is 3.15. The Morgan fingerprint density at radius 1 is 1.20 bits per heavy atom. The van der Waals surface area contributed by atoms with Gasteiger partial charge in [-0.05, 0) is 50.3 Å². The first-order chi connectivity index (χ1) is 9.85. The van der Waals surface area contributed by atoms with Crippen LogP contribution in [-0.2, 0) is 19.4 Å². The van der Waals surface area contributed by atoms with Crippen molar-refractivity contribution in [3.8, 4) is 0 Å². The smallest absolute Gasteiger partial charge is 0.133 e. The molecule has 0 aromatic carbocycles. The third-order valence-electron chi connectivity index (χ3n) is 5.21. The number of rotatable bonds is 2. The van der Waals surface area contributed by atoms with Crippen molar-refractivity contribution in [3.63, 3.8) is 0 Å². The number of aryl methyl sites for hydroxylation is 2. The van der Waals surface area contributed by atoms with Crippen LogP contribution in [0.3, 0.4) is 0 Å². The summed E-state index contributed by atoms with van der Waals surface area (Å²) in [5, 5.41) is 0. The highest BCUT2D eigenvalue weighted by atomic mass is 15.3. The van der Waals surface area contributed by atoms with E-state index in [1.165, 1.54) is 61.4 Å². The summed E-state index contributed by atoms with van der Waals surface area (Å²) >= 11 is 0. The second kappa shape index (κ2) is 5.01. The van der Waals surface area contributed by atoms with E-state index >= 15 is 0 Å². The fourth-order valence-electron chi connectivity index (χ4n) is 4.12. The lowest BCUT2D eigenvalue weighted by Crippen LogP contribution is -2.50. The number of fused-ring (bicyclic) bond motifs is 2. The molecule has 2 N–H and O–H groups in total. The molecule has 2 fully saturated rings. The molecule has 0 radical (unpaired) electrons. The minimum Gasteiger partial charge on any atom is -0.353 e. The fourth-order valence-corrected chi connectivity index (χ4v) is 4.12. The maximum atomic E-state index is 5.98. The van der Waals surface area contributed by atoms with Crippen LogP contribution in [0.15, 0.2) is 6.07 Å². The van der Waals surface area contributed by atoms with E-state index in [4.69, 9.17) is 10.7 Å². The summed E-state index contributed by atoms with van der Waals surface area (Å²) in [6.45, 7) is 5.34. The average molecular weight is 272 g/mol. The van der Waals surface area contributed by atoms with Crippen LogP contribution in [-0.4, -0.2) is 42.1 Å². The van der Waals surface area contributed by atoms with E-state index in [1.54, 1.807) is 0 Å². The van der Waals surface area contributed by atoms with Gasteiger partial charge in [-0.15, -0.1) is 0 Å². The van der Waals surface area contributed by atoms with Crippen molar-refractivity contribution in [1.29, 1.82) is 0 Å². The molecule has 0 bridgehead atoms. The first-order valence-electron chi connectivity index (χ1n) is 8.06. The Bertz CT molecular complexity index is 513. The Hall–Kier alpha value is -1.13. The fraction of sp³-hybridized carbons (Fsp3) is 0.688. The van der Waals surface area contributed by atoms with E-state index in [9.17, 15) is 0 Å². The molecule has 108 valence electrons. The maximum absolute atomic E-state index is 5.98. The van der Waals surface area contributed by atoms with Crippen molar-refractivity contribution in [2.24, 2.45) is 5.73 Å². The van der Waals surface area contributed by atoms with Crippen LogP contribution in [0, 0.1) is 0 Å². The van der Waals surface area contributed by atoms with Gasteiger partial charge in [0.1, 0.15) is 5.82 Å². The van der Waals surface area contributed by atoms with Gasteiger partial charge in [0.15, 0.2) is 0 Å². The molecule has 1 atom stereocenters. The van der Waals surface area contributed by atoms with E-state index in [2.05, 4.69) is 15.9 Å². The monoisotopic (exact) mass is 272 g/mol. The number of hydrogen-bond acceptors (Lipinski definition) is 4. The molecular weight excluding hydrogens is 248 g/mol. The number of anilines is 1. The predicted octanol–water partition coefficient (Wildman–Crippen LogP) is 1.31. The molecule has 1 aromatic rings. The van der Waals surface area contributed by atoms with Gasteiger partial charge in [0.2, 0.25) is 0 Å². The summed E-state index contributed by atoms with van der Waals surface area (Å²) in [6, 6.07) is 3.07. The molecule has 20 heavy (non-hydrogen) atoms. The minimum absolute atomic E-state index is 0.612. The lowest BCUT2D eigenvalue weighted by atomic mass is 10.1. The highest BCUT2D eigenvalue weighted by molar-refractivity contribution is 5.51. The van der Waals surface area contributed by atoms with E-state index in [0.717, 1.165) is 25.6 Å². The third kappa shape index (κ3) is 2.02. The molecule has 1 unspecified atom stereocenters. The summed E-state index contributed by atoms with van der Waals surface area (Å²) in [6.07, 6.45) is 6.30. The van der Waals surface area contributed by atoms with E-state index < -0.39 is 0 Å². The molecule has 0 amide bonds. The van der Waals surface area contributed by atoms with Gasteiger partial charge in [-0.3, -0.25) is 4.90 Å². The van der Waals surface area contributed by atoms with E-state index in [0.29, 0.717) is 6.54 Å². The molecule has 4 rings (SSSR count). The zero-order valence-electron chi connectivity index (χ0n) is 12.1. The lowest BCUT2D eigenvalue weighted by molar-refractivity contribution is 0.230. The number of pyridine rings is 1. The van der Waals surface area contributed by atoms with Crippen molar-refractivity contribution in [1.82, 2.24) is 9.88 Å². The van der Waals surface area contributed by atoms with Gasteiger partial charge < -0.3 is 10.6 Å². The molecule has 2 saturated heterocycles. The van der Waals surface area contributed by atoms with E-state index in [-0.39, 0.29) is 0 Å². The largest absolute Gasteiger partial charge is 0.353 e. The molecule has 4 nitrogen and oxygen atoms in total. The second-order valence-corrected chi connectivity index (χ2v) is 6.41. The van der Waals surface area contributed by atoms with Gasteiger partial charge in [-0.25, -0.2) is 4.98 Å². The topological polar surface area (TPSA) is 45.4 Å². The normalized spacial score (nSPS) is 25.9. The zero-order valence-corrected chi connectivity index (χ0v) is 12.1. The first kappa shape index (κ1) is 12.6. The summed E-state index contributed by atoms with van der Waals surface area (Å²) in [5.41, 5.74) is 9.99. The second-order valence-electron chi connectivity index (χ2n) is 6.41. The van der Waals surface area contributed by atoms with E-state index in [1.807, 2.05) is 0 Å². The molecule has 0 saturated carbocycles. The van der Waals surface area contributed by atoms with Crippen LogP contribution in [0.25, 0.3) is 0 Å². The lowest BCUT2D eigenvalue weighted by Gasteiger charge is -2.39. The van der Waals surface area contributed by atoms with Gasteiger partial charge in [-0.2, -0.15) is 0 Å². The number of piperazine rings is 1. The van der Waals surface area contributed by atoms with Crippen molar-refractivity contribution >= 4 is 5.82 Å². The molecule has 4 heteroatoms. The zero-order chi connectivity index (χ0) is 13.5. The van der Waals surface area contributed by atoms with Crippen LogP contribution in [0.5, 0.6) is 0 Å². The van der Waals surface area contributed by atoms with Crippen LogP contribution >= 0.6 is 0 Å². The van der Waals surface area contributed by atoms with Crippen molar-refractivity contribution in [2.75, 3.05) is 31.1 Å². The highest BCUT2D eigenvalue weighted by Crippen LogP contribution is 2.30. The average Bonchev–Trinajstić information content (AvgIpc) is 3.13. The molecular formula is C16H24N4. The maximum Gasteiger partial charge on any atom is 0.133 e. The third-order valence-corrected chi connectivity index (χ3v) is 5.21. The van der Waals surface area contributed by atoms with Crippen molar-refractivity contribution in [2.45, 2.75) is 44.7 Å². The number of aromatic nitrogens is 1. The molecule has 3 heterocycles. The molecule has 1 aromatic heterocycles. The predicted molar refractivity (Wildman–Crippen MR) is 81.0 cm³/mol. The Morgan fingerprint density at radius 3 is 3.05 bits per heavy atom. The Balaban J connectivity index is 1.64. The van der Waals surface area contributed by atoms with Gasteiger partial charge >= 0.3 is 0 Å². The van der Waals surface area contributed by atoms with Crippen molar-refractivity contribution in [3.05, 3.63) is 22.9 Å². The number of hydrogen-bond donors (Lipinski definition) is 1. The van der Waals surface area contributed by atoms with Crippen LogP contribution < -0.4 is 10.6 Å². The van der Waals surface area contributed by atoms with Crippen LogP contribution in [0.1, 0.15) is 36.1 Å². The summed E-state index contributed by atoms with van der Waals surface area (Å²) < 4.78 is 0. The molecule has 1 aliphatic carbocycles. The van der Waals surface area contributed by atoms with Gasteiger partial charge in [-0.1, -0.05) is 0 Å². The molecule has 2 aliphatic heterocycles. The molecule has 0 spiro atoms. The summed E-state index contributed by atoms with van der Waals surface area (Å²) in [4.78, 5) is 10.1. The molecule has 3 aliphatic rings. The van der Waals surface area contributed by atoms with Gasteiger partial charge in [0, 0.05) is 43.5 Å². The number of nitrogens with two attached hydrogens (primary N) is 1. The Morgan fingerprint density at radius 2 is 2.15 bits per heavy atom. The van der Waals surface area contributed by atoms with Gasteiger partial charge in [0.05, 0.1) is 0 Å². The first-order valence-corrected chi connectivity index (χ1v) is 8.06. The summed E-state index contributed by atoms with van der Waals surface area (Å²) in [5.74, 6) is 1.18. The standard InChI is InChI=1S/C16H24N4/c17-10-13-9-12-3-1-5-15(12)18-16(13)20-8-7-19-6-2-4-14(19)11-20/h9,14H,1-8,10-11,17H2. The van der Waals surface area contributed by atoms with Crippen LogP contribution in [0.4, 0.5) is 5.82 Å². The van der Waals surface area contributed by atoms with Crippen molar-refractivity contribution < 1.29 is 0 Å². The summed E-state index contributed by atoms with van der Waals surface area (Å²) in [7, 11) is 0. The SMILES string of the molecule is NCc1cc2c(nc1N1CCN3CCCC3C1)CCC2. The van der Waals surface area contributed by atoms with Crippen LogP contribution in [0.2, 0.25) is 0 Å². The Labute approximate surface area is 121 Å². The number of nitrogens with zero attached hydrogens (tertiary/aromatic N) is 3. The van der Waals surface area contributed by atoms with Gasteiger partial charge in [0.25, 0.3) is 0 Å². The highest BCUT2D eigenvalue weighted by Gasteiger charge is 2.32. The minimum atomic E-state index is 0.612.